The van der Waals surface area contributed by atoms with E-state index in [-0.39, 0.29) is 11.9 Å². The van der Waals surface area contributed by atoms with Crippen LogP contribution in [0.5, 0.6) is 0 Å². The number of aromatic nitrogens is 1. The Morgan fingerprint density at radius 3 is 3.05 bits per heavy atom. The maximum absolute atomic E-state index is 12.1. The molecule has 4 rings (SSSR count). The van der Waals surface area contributed by atoms with Crippen molar-refractivity contribution in [1.82, 2.24) is 9.88 Å². The van der Waals surface area contributed by atoms with Crippen LogP contribution in [-0.4, -0.2) is 22.3 Å². The summed E-state index contributed by atoms with van der Waals surface area (Å²) in [6, 6.07) is 8.65. The van der Waals surface area contributed by atoms with Gasteiger partial charge in [-0.25, -0.2) is 0 Å². The molecule has 3 heteroatoms. The highest BCUT2D eigenvalue weighted by atomic mass is 16.2. The van der Waals surface area contributed by atoms with Gasteiger partial charge in [0.15, 0.2) is 0 Å². The highest BCUT2D eigenvalue weighted by Crippen LogP contribution is 2.41. The third-order valence-electron chi connectivity index (χ3n) is 4.73. The second-order valence-electron chi connectivity index (χ2n) is 5.72. The molecule has 1 amide bonds. The molecule has 3 heterocycles. The third-order valence-corrected chi connectivity index (χ3v) is 4.73. The van der Waals surface area contributed by atoms with Gasteiger partial charge in [-0.3, -0.25) is 4.79 Å². The monoisotopic (exact) mass is 266 g/mol. The van der Waals surface area contributed by atoms with E-state index in [4.69, 9.17) is 0 Å². The quantitative estimate of drug-likeness (QED) is 0.845. The molecule has 0 radical (unpaired) electrons. The number of fused-ring (bicyclic) bond motifs is 5. The van der Waals surface area contributed by atoms with Crippen molar-refractivity contribution in [3.63, 3.8) is 0 Å². The van der Waals surface area contributed by atoms with Crippen molar-refractivity contribution in [1.29, 1.82) is 0 Å². The Balaban J connectivity index is 1.92. The molecule has 0 aliphatic carbocycles. The molecule has 1 aromatic heterocycles. The molecule has 2 aliphatic heterocycles. The number of hydrogen-bond acceptors (Lipinski definition) is 1. The molecule has 20 heavy (non-hydrogen) atoms. The molecule has 2 atom stereocenters. The molecule has 102 valence electrons. The van der Waals surface area contributed by atoms with Crippen molar-refractivity contribution in [2.45, 2.75) is 25.8 Å². The molecule has 0 bridgehead atoms. The fourth-order valence-electron chi connectivity index (χ4n) is 3.73. The standard InChI is InChI=1S/C17H18N2O/c1-2-11-7-8-15(20)19-10-9-13-12-5-3-4-6-14(12)18-16(13)17(11)19/h3-8,11,17-18H,2,9-10H2,1H3. The summed E-state index contributed by atoms with van der Waals surface area (Å²) in [7, 11) is 0. The summed E-state index contributed by atoms with van der Waals surface area (Å²) in [4.78, 5) is 17.7. The lowest BCUT2D eigenvalue weighted by atomic mass is 9.84. The summed E-state index contributed by atoms with van der Waals surface area (Å²) in [5.41, 5.74) is 3.85. The van der Waals surface area contributed by atoms with Crippen LogP contribution in [0.4, 0.5) is 0 Å². The van der Waals surface area contributed by atoms with Crippen molar-refractivity contribution >= 4 is 16.8 Å². The molecule has 0 fully saturated rings. The number of carbonyl (C=O) groups is 1. The van der Waals surface area contributed by atoms with E-state index in [0.29, 0.717) is 5.92 Å². The maximum atomic E-state index is 12.1. The number of amides is 1. The smallest absolute Gasteiger partial charge is 0.246 e. The lowest BCUT2D eigenvalue weighted by Gasteiger charge is -2.41. The number of nitrogens with one attached hydrogen (secondary N) is 1. The summed E-state index contributed by atoms with van der Waals surface area (Å²) < 4.78 is 0. The number of para-hydroxylation sites is 1. The fraction of sp³-hybridized carbons (Fsp3) is 0.353. The zero-order chi connectivity index (χ0) is 13.7. The zero-order valence-corrected chi connectivity index (χ0v) is 11.6. The van der Waals surface area contributed by atoms with Crippen LogP contribution in [0.3, 0.4) is 0 Å². The molecule has 1 aromatic carbocycles. The minimum Gasteiger partial charge on any atom is -0.356 e. The highest BCUT2D eigenvalue weighted by Gasteiger charge is 2.38. The van der Waals surface area contributed by atoms with E-state index in [1.807, 2.05) is 4.90 Å². The number of hydrogen-bond donors (Lipinski definition) is 1. The van der Waals surface area contributed by atoms with Gasteiger partial charge in [-0.15, -0.1) is 0 Å². The van der Waals surface area contributed by atoms with E-state index in [0.717, 1.165) is 19.4 Å². The van der Waals surface area contributed by atoms with Crippen molar-refractivity contribution in [2.75, 3.05) is 6.54 Å². The van der Waals surface area contributed by atoms with E-state index in [1.165, 1.54) is 22.2 Å². The molecule has 1 N–H and O–H groups in total. The number of H-pyrrole nitrogens is 1. The van der Waals surface area contributed by atoms with Gasteiger partial charge in [-0.1, -0.05) is 31.2 Å². The second-order valence-corrected chi connectivity index (χ2v) is 5.72. The van der Waals surface area contributed by atoms with Crippen molar-refractivity contribution in [3.05, 3.63) is 47.7 Å². The van der Waals surface area contributed by atoms with Crippen molar-refractivity contribution in [2.24, 2.45) is 5.92 Å². The number of rotatable bonds is 1. The van der Waals surface area contributed by atoms with Gasteiger partial charge in [-0.2, -0.15) is 0 Å². The third kappa shape index (κ3) is 1.49. The number of nitrogens with zero attached hydrogens (tertiary/aromatic N) is 1. The SMILES string of the molecule is CCC1C=CC(=O)N2CCc3c([nH]c4ccccc34)C12. The minimum absolute atomic E-state index is 0.156. The van der Waals surface area contributed by atoms with Gasteiger partial charge in [0.05, 0.1) is 6.04 Å². The summed E-state index contributed by atoms with van der Waals surface area (Å²) in [6.45, 7) is 3.03. The topological polar surface area (TPSA) is 36.1 Å². The Kier molecular flexibility index (Phi) is 2.49. The van der Waals surface area contributed by atoms with Crippen LogP contribution in [0.1, 0.15) is 30.6 Å². The van der Waals surface area contributed by atoms with E-state index in [1.54, 1.807) is 6.08 Å². The molecular formula is C17H18N2O. The van der Waals surface area contributed by atoms with Crippen LogP contribution in [0, 0.1) is 5.92 Å². The van der Waals surface area contributed by atoms with Gasteiger partial charge in [0.25, 0.3) is 0 Å². The largest absolute Gasteiger partial charge is 0.356 e. The Labute approximate surface area is 118 Å². The number of aromatic amines is 1. The number of carbonyl (C=O) groups excluding carboxylic acids is 1. The Hall–Kier alpha value is -2.03. The van der Waals surface area contributed by atoms with Crippen LogP contribution in [-0.2, 0) is 11.2 Å². The lowest BCUT2D eigenvalue weighted by molar-refractivity contribution is -0.130. The van der Waals surface area contributed by atoms with Crippen molar-refractivity contribution < 1.29 is 4.79 Å². The summed E-state index contributed by atoms with van der Waals surface area (Å²) in [5, 5.41) is 1.32. The average molecular weight is 266 g/mol. The summed E-state index contributed by atoms with van der Waals surface area (Å²) >= 11 is 0. The molecule has 3 nitrogen and oxygen atoms in total. The molecule has 0 spiro atoms. The molecular weight excluding hydrogens is 248 g/mol. The average Bonchev–Trinajstić information content (AvgIpc) is 2.86. The first-order chi connectivity index (χ1) is 9.79. The summed E-state index contributed by atoms with van der Waals surface area (Å²) in [5.74, 6) is 0.573. The zero-order valence-electron chi connectivity index (χ0n) is 11.6. The van der Waals surface area contributed by atoms with E-state index in [2.05, 4.69) is 42.2 Å². The van der Waals surface area contributed by atoms with Crippen LogP contribution >= 0.6 is 0 Å². The first kappa shape index (κ1) is 11.8. The van der Waals surface area contributed by atoms with E-state index < -0.39 is 0 Å². The first-order valence-electron chi connectivity index (χ1n) is 7.38. The van der Waals surface area contributed by atoms with E-state index in [9.17, 15) is 4.79 Å². The molecule has 2 unspecified atom stereocenters. The molecule has 0 saturated carbocycles. The molecule has 0 saturated heterocycles. The Morgan fingerprint density at radius 1 is 1.35 bits per heavy atom. The molecule has 2 aliphatic rings. The van der Waals surface area contributed by atoms with Crippen LogP contribution in [0.25, 0.3) is 10.9 Å². The number of benzene rings is 1. The van der Waals surface area contributed by atoms with Gasteiger partial charge in [0.2, 0.25) is 5.91 Å². The van der Waals surface area contributed by atoms with Crippen molar-refractivity contribution in [3.8, 4) is 0 Å². The Bertz CT molecular complexity index is 713. The highest BCUT2D eigenvalue weighted by molar-refractivity contribution is 5.91. The van der Waals surface area contributed by atoms with E-state index >= 15 is 0 Å². The van der Waals surface area contributed by atoms with Crippen LogP contribution in [0.2, 0.25) is 0 Å². The Morgan fingerprint density at radius 2 is 2.20 bits per heavy atom. The van der Waals surface area contributed by atoms with Crippen LogP contribution < -0.4 is 0 Å². The summed E-state index contributed by atoms with van der Waals surface area (Å²) in [6.07, 6.45) is 5.84. The first-order valence-corrected chi connectivity index (χ1v) is 7.38. The van der Waals surface area contributed by atoms with Gasteiger partial charge in [0, 0.05) is 29.1 Å². The molecule has 2 aromatic rings. The second kappa shape index (κ2) is 4.23. The van der Waals surface area contributed by atoms with Gasteiger partial charge >= 0.3 is 0 Å². The van der Waals surface area contributed by atoms with Gasteiger partial charge in [0.1, 0.15) is 0 Å². The lowest BCUT2D eigenvalue weighted by Crippen LogP contribution is -2.44. The van der Waals surface area contributed by atoms with Gasteiger partial charge in [-0.05, 0) is 30.5 Å². The fourth-order valence-corrected chi connectivity index (χ4v) is 3.73. The predicted octanol–water partition coefficient (Wildman–Crippen LogP) is 3.19. The van der Waals surface area contributed by atoms with Gasteiger partial charge < -0.3 is 9.88 Å². The maximum Gasteiger partial charge on any atom is 0.246 e. The normalized spacial score (nSPS) is 24.9. The predicted molar refractivity (Wildman–Crippen MR) is 79.4 cm³/mol. The van der Waals surface area contributed by atoms with Crippen LogP contribution in [0.15, 0.2) is 36.4 Å². The minimum atomic E-state index is 0.156.